The van der Waals surface area contributed by atoms with Gasteiger partial charge in [0.05, 0.1) is 4.58 Å². The lowest BCUT2D eigenvalue weighted by atomic mass is 10.1. The molecular formula is C21H21ClN2O2S2. The molecule has 0 atom stereocenters. The standard InChI is InChI=1S/C21H21ClN2O2S2/c22-18-7-5-16(6-8-18)20(26)24-11-9-23(10-12-24)19(25)15-1-3-17(4-2-15)21-27-13-14-28-21/h1-8,21H,9-14H2. The van der Waals surface area contributed by atoms with Crippen LogP contribution in [0.2, 0.25) is 5.02 Å². The lowest BCUT2D eigenvalue weighted by molar-refractivity contribution is 0.0535. The molecule has 0 bridgehead atoms. The Kier molecular flexibility index (Phi) is 6.19. The molecule has 0 saturated carbocycles. The lowest BCUT2D eigenvalue weighted by Crippen LogP contribution is -2.50. The molecule has 2 aliphatic rings. The van der Waals surface area contributed by atoms with Crippen molar-refractivity contribution in [1.82, 2.24) is 9.80 Å². The van der Waals surface area contributed by atoms with Crippen LogP contribution < -0.4 is 0 Å². The van der Waals surface area contributed by atoms with Crippen molar-refractivity contribution in [2.75, 3.05) is 37.7 Å². The number of carbonyl (C=O) groups excluding carboxylic acids is 2. The predicted molar refractivity (Wildman–Crippen MR) is 117 cm³/mol. The van der Waals surface area contributed by atoms with Crippen LogP contribution in [0.4, 0.5) is 0 Å². The first-order valence-corrected chi connectivity index (χ1v) is 11.8. The van der Waals surface area contributed by atoms with Gasteiger partial charge in [0, 0.05) is 53.8 Å². The van der Waals surface area contributed by atoms with Gasteiger partial charge in [-0.15, -0.1) is 23.5 Å². The van der Waals surface area contributed by atoms with E-state index < -0.39 is 0 Å². The lowest BCUT2D eigenvalue weighted by Gasteiger charge is -2.35. The second kappa shape index (κ2) is 8.80. The van der Waals surface area contributed by atoms with Crippen LogP contribution >= 0.6 is 35.1 Å². The summed E-state index contributed by atoms with van der Waals surface area (Å²) in [5.74, 6) is 2.40. The molecule has 0 aliphatic carbocycles. The summed E-state index contributed by atoms with van der Waals surface area (Å²) < 4.78 is 0.492. The molecule has 4 nitrogen and oxygen atoms in total. The van der Waals surface area contributed by atoms with Crippen molar-refractivity contribution in [2.24, 2.45) is 0 Å². The van der Waals surface area contributed by atoms with Gasteiger partial charge in [-0.2, -0.15) is 0 Å². The molecule has 2 saturated heterocycles. The Bertz CT molecular complexity index is 844. The van der Waals surface area contributed by atoms with Gasteiger partial charge in [0.25, 0.3) is 11.8 Å². The van der Waals surface area contributed by atoms with Gasteiger partial charge in [-0.05, 0) is 42.0 Å². The highest BCUT2D eigenvalue weighted by atomic mass is 35.5. The SMILES string of the molecule is O=C(c1ccc(Cl)cc1)N1CCN(C(=O)c2ccc(C3SCCS3)cc2)CC1. The molecule has 0 aromatic heterocycles. The number of halogens is 1. The summed E-state index contributed by atoms with van der Waals surface area (Å²) in [5.41, 5.74) is 2.62. The van der Waals surface area contributed by atoms with Gasteiger partial charge >= 0.3 is 0 Å². The van der Waals surface area contributed by atoms with E-state index in [2.05, 4.69) is 12.1 Å². The van der Waals surface area contributed by atoms with Gasteiger partial charge in [0.1, 0.15) is 0 Å². The molecule has 2 heterocycles. The van der Waals surface area contributed by atoms with Crippen LogP contribution in [0.1, 0.15) is 30.9 Å². The first-order valence-electron chi connectivity index (χ1n) is 9.29. The van der Waals surface area contributed by atoms with Crippen molar-refractivity contribution in [3.63, 3.8) is 0 Å². The fourth-order valence-electron chi connectivity index (χ4n) is 3.40. The highest BCUT2D eigenvalue weighted by Gasteiger charge is 2.26. The molecule has 0 unspecified atom stereocenters. The Hall–Kier alpha value is -1.63. The second-order valence-electron chi connectivity index (χ2n) is 6.79. The van der Waals surface area contributed by atoms with Gasteiger partial charge in [-0.25, -0.2) is 0 Å². The Morgan fingerprint density at radius 1 is 0.750 bits per heavy atom. The molecule has 146 valence electrons. The van der Waals surface area contributed by atoms with E-state index in [0.29, 0.717) is 46.9 Å². The van der Waals surface area contributed by atoms with Gasteiger partial charge in [-0.3, -0.25) is 9.59 Å². The number of carbonyl (C=O) groups is 2. The third-order valence-electron chi connectivity index (χ3n) is 5.00. The summed E-state index contributed by atoms with van der Waals surface area (Å²) in [7, 11) is 0. The minimum Gasteiger partial charge on any atom is -0.335 e. The summed E-state index contributed by atoms with van der Waals surface area (Å²) in [6, 6.07) is 14.9. The average Bonchev–Trinajstić information content (AvgIpc) is 3.28. The van der Waals surface area contributed by atoms with Crippen LogP contribution in [0, 0.1) is 0 Å². The van der Waals surface area contributed by atoms with Gasteiger partial charge in [0.15, 0.2) is 0 Å². The van der Waals surface area contributed by atoms with Crippen molar-refractivity contribution < 1.29 is 9.59 Å². The van der Waals surface area contributed by atoms with Crippen molar-refractivity contribution in [2.45, 2.75) is 4.58 Å². The summed E-state index contributed by atoms with van der Waals surface area (Å²) in [6.07, 6.45) is 0. The molecule has 2 aromatic rings. The van der Waals surface area contributed by atoms with Crippen molar-refractivity contribution in [1.29, 1.82) is 0 Å². The van der Waals surface area contributed by atoms with E-state index in [0.717, 1.165) is 0 Å². The van der Waals surface area contributed by atoms with Gasteiger partial charge in [0.2, 0.25) is 0 Å². The third-order valence-corrected chi connectivity index (χ3v) is 8.35. The first-order chi connectivity index (χ1) is 13.6. The number of amides is 2. The Labute approximate surface area is 178 Å². The number of nitrogens with zero attached hydrogens (tertiary/aromatic N) is 2. The Morgan fingerprint density at radius 3 is 1.64 bits per heavy atom. The summed E-state index contributed by atoms with van der Waals surface area (Å²) >= 11 is 9.81. The summed E-state index contributed by atoms with van der Waals surface area (Å²) in [5, 5.41) is 0.614. The monoisotopic (exact) mass is 432 g/mol. The molecular weight excluding hydrogens is 412 g/mol. The molecule has 0 spiro atoms. The number of hydrogen-bond acceptors (Lipinski definition) is 4. The largest absolute Gasteiger partial charge is 0.335 e. The number of hydrogen-bond donors (Lipinski definition) is 0. The van der Waals surface area contributed by atoms with E-state index in [1.165, 1.54) is 17.1 Å². The molecule has 7 heteroatoms. The third kappa shape index (κ3) is 4.34. The fourth-order valence-corrected chi connectivity index (χ4v) is 6.39. The fraction of sp³-hybridized carbons (Fsp3) is 0.333. The maximum absolute atomic E-state index is 12.8. The van der Waals surface area contributed by atoms with Gasteiger partial charge in [-0.1, -0.05) is 23.7 Å². The number of benzene rings is 2. The summed E-state index contributed by atoms with van der Waals surface area (Å²) in [6.45, 7) is 2.18. The number of thioether (sulfide) groups is 2. The van der Waals surface area contributed by atoms with E-state index >= 15 is 0 Å². The molecule has 4 rings (SSSR count). The van der Waals surface area contributed by atoms with Gasteiger partial charge < -0.3 is 9.80 Å². The van der Waals surface area contributed by atoms with Crippen LogP contribution in [-0.4, -0.2) is 59.3 Å². The zero-order valence-corrected chi connectivity index (χ0v) is 17.7. The first kappa shape index (κ1) is 19.7. The molecule has 0 N–H and O–H groups in total. The Morgan fingerprint density at radius 2 is 1.18 bits per heavy atom. The Balaban J connectivity index is 1.34. The minimum absolute atomic E-state index is 0.0142. The van der Waals surface area contributed by atoms with E-state index in [1.807, 2.05) is 40.6 Å². The zero-order chi connectivity index (χ0) is 19.5. The van der Waals surface area contributed by atoms with E-state index in [-0.39, 0.29) is 11.8 Å². The van der Waals surface area contributed by atoms with Crippen molar-refractivity contribution >= 4 is 46.9 Å². The van der Waals surface area contributed by atoms with Crippen LogP contribution in [-0.2, 0) is 0 Å². The van der Waals surface area contributed by atoms with E-state index in [9.17, 15) is 9.59 Å². The maximum Gasteiger partial charge on any atom is 0.253 e. The normalized spacial score (nSPS) is 17.8. The smallest absolute Gasteiger partial charge is 0.253 e. The molecule has 0 radical (unpaired) electrons. The van der Waals surface area contributed by atoms with Crippen LogP contribution in [0.25, 0.3) is 0 Å². The minimum atomic E-state index is -0.0142. The van der Waals surface area contributed by atoms with E-state index in [4.69, 9.17) is 11.6 Å². The summed E-state index contributed by atoms with van der Waals surface area (Å²) in [4.78, 5) is 29.0. The zero-order valence-electron chi connectivity index (χ0n) is 15.3. The number of rotatable bonds is 3. The second-order valence-corrected chi connectivity index (χ2v) is 9.95. The van der Waals surface area contributed by atoms with Crippen LogP contribution in [0.3, 0.4) is 0 Å². The average molecular weight is 433 g/mol. The van der Waals surface area contributed by atoms with Crippen molar-refractivity contribution in [3.05, 3.63) is 70.2 Å². The van der Waals surface area contributed by atoms with Crippen LogP contribution in [0.5, 0.6) is 0 Å². The predicted octanol–water partition coefficient (Wildman–Crippen LogP) is 4.42. The molecule has 2 aliphatic heterocycles. The van der Waals surface area contributed by atoms with Crippen molar-refractivity contribution in [3.8, 4) is 0 Å². The molecule has 2 fully saturated rings. The molecule has 2 aromatic carbocycles. The maximum atomic E-state index is 12.8. The van der Waals surface area contributed by atoms with E-state index in [1.54, 1.807) is 29.2 Å². The highest BCUT2D eigenvalue weighted by Crippen LogP contribution is 2.45. The quantitative estimate of drug-likeness (QED) is 0.720. The highest BCUT2D eigenvalue weighted by molar-refractivity contribution is 8.19. The number of piperazine rings is 1. The van der Waals surface area contributed by atoms with Crippen LogP contribution in [0.15, 0.2) is 48.5 Å². The topological polar surface area (TPSA) is 40.6 Å². The molecule has 2 amide bonds. The molecule has 28 heavy (non-hydrogen) atoms.